The largest absolute Gasteiger partial charge is 0.480 e. The lowest BCUT2D eigenvalue weighted by atomic mass is 10.1. The number of pyridine rings is 1. The van der Waals surface area contributed by atoms with Crippen LogP contribution in [-0.4, -0.2) is 63.1 Å². The first-order chi connectivity index (χ1) is 17.0. The molecule has 10 nitrogen and oxygen atoms in total. The van der Waals surface area contributed by atoms with E-state index < -0.39 is 6.09 Å². The molecule has 0 spiro atoms. The minimum absolute atomic E-state index is 0.0527. The minimum atomic E-state index is -0.469. The van der Waals surface area contributed by atoms with Crippen molar-refractivity contribution in [1.29, 1.82) is 0 Å². The molecule has 2 aliphatic heterocycles. The first kappa shape index (κ1) is 23.3. The summed E-state index contributed by atoms with van der Waals surface area (Å²) >= 11 is 0. The number of hydrogen-bond donors (Lipinski definition) is 3. The van der Waals surface area contributed by atoms with Gasteiger partial charge in [0, 0.05) is 6.07 Å². The molecule has 1 saturated heterocycles. The topological polar surface area (TPSA) is 114 Å². The number of benzene rings is 1. The lowest BCUT2D eigenvalue weighted by Gasteiger charge is -2.19. The monoisotopic (exact) mass is 485 g/mol. The van der Waals surface area contributed by atoms with E-state index in [0.717, 1.165) is 24.1 Å². The van der Waals surface area contributed by atoms with Gasteiger partial charge in [-0.15, -0.1) is 0 Å². The third-order valence-corrected chi connectivity index (χ3v) is 6.33. The van der Waals surface area contributed by atoms with Gasteiger partial charge in [-0.2, -0.15) is 0 Å². The molecular formula is C24H28FN5O5. The van der Waals surface area contributed by atoms with E-state index in [1.165, 1.54) is 11.0 Å². The number of amides is 2. The molecule has 11 heteroatoms. The molecule has 3 N–H and O–H groups in total. The number of carbonyl (C=O) groups excluding carboxylic acids is 2. The second-order valence-corrected chi connectivity index (χ2v) is 8.92. The number of nitrogens with one attached hydrogen (secondary N) is 3. The van der Waals surface area contributed by atoms with Crippen LogP contribution in [0.25, 0.3) is 0 Å². The average molecular weight is 486 g/mol. The number of aromatic nitrogens is 1. The quantitative estimate of drug-likeness (QED) is 0.364. The fourth-order valence-electron chi connectivity index (χ4n) is 4.66. The van der Waals surface area contributed by atoms with E-state index in [1.807, 2.05) is 6.07 Å². The van der Waals surface area contributed by atoms with Crippen molar-refractivity contribution < 1.29 is 28.2 Å². The number of hydrogen-bond acceptors (Lipinski definition) is 8. The van der Waals surface area contributed by atoms with Crippen molar-refractivity contribution in [2.75, 3.05) is 50.2 Å². The molecular weight excluding hydrogens is 457 g/mol. The third kappa shape index (κ3) is 5.15. The molecule has 2 atom stereocenters. The number of carbonyl (C=O) groups is 2. The van der Waals surface area contributed by atoms with E-state index in [4.69, 9.17) is 14.2 Å². The fourth-order valence-corrected chi connectivity index (χ4v) is 4.66. The standard InChI is InChI=1S/C24H28FN5O5/c1-26-13-34-17-8-15-6-14(7-18(15)19(25)9-17)10-27-5-4-16-11-30(24(32)35-16)21-3-2-20-23(28-21)29-22(31)12-33-20/h2-3,8-9,14,16,26-27H,4-7,10-13H2,1H3,(H,28,29,31). The van der Waals surface area contributed by atoms with E-state index >= 15 is 0 Å². The van der Waals surface area contributed by atoms with Crippen LogP contribution in [0.4, 0.5) is 20.8 Å². The highest BCUT2D eigenvalue weighted by molar-refractivity contribution is 5.95. The summed E-state index contributed by atoms with van der Waals surface area (Å²) in [6.45, 7) is 2.07. The molecule has 2 aromatic rings. The number of ether oxygens (including phenoxy) is 3. The maximum absolute atomic E-state index is 14.5. The Balaban J connectivity index is 1.08. The highest BCUT2D eigenvalue weighted by Gasteiger charge is 2.34. The molecule has 35 heavy (non-hydrogen) atoms. The SMILES string of the molecule is CNCOc1cc(F)c2c(c1)CC(CNCCC1CN(c3ccc4c(n3)NC(=O)CO4)C(=O)O1)C2. The van der Waals surface area contributed by atoms with Crippen molar-refractivity contribution in [3.05, 3.63) is 41.2 Å². The number of cyclic esters (lactones) is 1. The van der Waals surface area contributed by atoms with Gasteiger partial charge in [-0.05, 0) is 74.6 Å². The number of anilines is 2. The summed E-state index contributed by atoms with van der Waals surface area (Å²) in [6, 6.07) is 6.72. The predicted octanol–water partition coefficient (Wildman–Crippen LogP) is 1.83. The summed E-state index contributed by atoms with van der Waals surface area (Å²) in [5.74, 6) is 1.52. The smallest absolute Gasteiger partial charge is 0.415 e. The van der Waals surface area contributed by atoms with E-state index in [1.54, 1.807) is 19.2 Å². The van der Waals surface area contributed by atoms with Crippen LogP contribution in [0.1, 0.15) is 17.5 Å². The maximum Gasteiger partial charge on any atom is 0.415 e. The summed E-state index contributed by atoms with van der Waals surface area (Å²) < 4.78 is 30.8. The summed E-state index contributed by atoms with van der Waals surface area (Å²) in [4.78, 5) is 29.7. The lowest BCUT2D eigenvalue weighted by Crippen LogP contribution is -2.30. The zero-order valence-electron chi connectivity index (χ0n) is 19.4. The first-order valence-electron chi connectivity index (χ1n) is 11.7. The first-order valence-corrected chi connectivity index (χ1v) is 11.7. The maximum atomic E-state index is 14.5. The van der Waals surface area contributed by atoms with Crippen molar-refractivity contribution in [2.24, 2.45) is 5.92 Å². The van der Waals surface area contributed by atoms with Crippen molar-refractivity contribution in [3.8, 4) is 11.5 Å². The van der Waals surface area contributed by atoms with Gasteiger partial charge < -0.3 is 24.8 Å². The Morgan fingerprint density at radius 3 is 3.03 bits per heavy atom. The molecule has 2 amide bonds. The van der Waals surface area contributed by atoms with Crippen LogP contribution in [0.2, 0.25) is 0 Å². The van der Waals surface area contributed by atoms with E-state index in [2.05, 4.69) is 20.9 Å². The van der Waals surface area contributed by atoms with Crippen molar-refractivity contribution in [1.82, 2.24) is 15.6 Å². The van der Waals surface area contributed by atoms with Gasteiger partial charge in [-0.3, -0.25) is 15.0 Å². The number of nitrogens with zero attached hydrogens (tertiary/aromatic N) is 2. The molecule has 1 aromatic carbocycles. The van der Waals surface area contributed by atoms with Crippen LogP contribution >= 0.6 is 0 Å². The highest BCUT2D eigenvalue weighted by atomic mass is 19.1. The Labute approximate surface area is 202 Å². The second-order valence-electron chi connectivity index (χ2n) is 8.92. The van der Waals surface area contributed by atoms with Crippen LogP contribution in [0.15, 0.2) is 24.3 Å². The van der Waals surface area contributed by atoms with Gasteiger partial charge in [-0.1, -0.05) is 0 Å². The van der Waals surface area contributed by atoms with Gasteiger partial charge in [0.05, 0.1) is 6.54 Å². The molecule has 1 aliphatic carbocycles. The van der Waals surface area contributed by atoms with Gasteiger partial charge in [0.2, 0.25) is 0 Å². The summed E-state index contributed by atoms with van der Waals surface area (Å²) in [5.41, 5.74) is 1.77. The van der Waals surface area contributed by atoms with Gasteiger partial charge >= 0.3 is 6.09 Å². The molecule has 5 rings (SSSR count). The third-order valence-electron chi connectivity index (χ3n) is 6.33. The summed E-state index contributed by atoms with van der Waals surface area (Å²) in [5, 5.41) is 8.95. The Hall–Kier alpha value is -3.44. The van der Waals surface area contributed by atoms with E-state index in [-0.39, 0.29) is 24.4 Å². The lowest BCUT2D eigenvalue weighted by molar-refractivity contribution is -0.118. The molecule has 0 bridgehead atoms. The average Bonchev–Trinajstić information content (AvgIpc) is 3.43. The fraction of sp³-hybridized carbons (Fsp3) is 0.458. The molecule has 186 valence electrons. The Bertz CT molecular complexity index is 1130. The molecule has 3 aliphatic rings. The summed E-state index contributed by atoms with van der Waals surface area (Å²) in [6.07, 6.45) is 1.39. The second kappa shape index (κ2) is 10.0. The van der Waals surface area contributed by atoms with Gasteiger partial charge in [0.25, 0.3) is 5.91 Å². The minimum Gasteiger partial charge on any atom is -0.480 e. The van der Waals surface area contributed by atoms with Crippen LogP contribution in [0, 0.1) is 11.7 Å². The van der Waals surface area contributed by atoms with Crippen molar-refractivity contribution in [2.45, 2.75) is 25.4 Å². The van der Waals surface area contributed by atoms with Crippen LogP contribution in [-0.2, 0) is 22.4 Å². The van der Waals surface area contributed by atoms with Gasteiger partial charge in [0.15, 0.2) is 18.2 Å². The van der Waals surface area contributed by atoms with Crippen LogP contribution in [0.5, 0.6) is 11.5 Å². The molecule has 0 saturated carbocycles. The van der Waals surface area contributed by atoms with E-state index in [0.29, 0.717) is 61.7 Å². The zero-order chi connectivity index (χ0) is 24.4. The van der Waals surface area contributed by atoms with Gasteiger partial charge in [0.1, 0.15) is 30.2 Å². The van der Waals surface area contributed by atoms with Crippen molar-refractivity contribution in [3.63, 3.8) is 0 Å². The Morgan fingerprint density at radius 2 is 2.17 bits per heavy atom. The normalized spacial score (nSPS) is 20.7. The molecule has 0 radical (unpaired) electrons. The van der Waals surface area contributed by atoms with Crippen LogP contribution < -0.4 is 30.3 Å². The zero-order valence-corrected chi connectivity index (χ0v) is 19.4. The van der Waals surface area contributed by atoms with Gasteiger partial charge in [-0.25, -0.2) is 14.2 Å². The predicted molar refractivity (Wildman–Crippen MR) is 125 cm³/mol. The Morgan fingerprint density at radius 1 is 1.29 bits per heavy atom. The van der Waals surface area contributed by atoms with Crippen LogP contribution in [0.3, 0.4) is 0 Å². The molecule has 1 aromatic heterocycles. The molecule has 2 unspecified atom stereocenters. The number of halogens is 1. The van der Waals surface area contributed by atoms with E-state index in [9.17, 15) is 14.0 Å². The Kier molecular flexibility index (Phi) is 6.69. The van der Waals surface area contributed by atoms with Crippen molar-refractivity contribution >= 4 is 23.6 Å². The molecule has 1 fully saturated rings. The number of rotatable bonds is 9. The number of fused-ring (bicyclic) bond motifs is 2. The highest BCUT2D eigenvalue weighted by Crippen LogP contribution is 2.33. The molecule has 3 heterocycles. The summed E-state index contributed by atoms with van der Waals surface area (Å²) in [7, 11) is 1.77.